The van der Waals surface area contributed by atoms with Crippen LogP contribution < -0.4 is 5.32 Å². The van der Waals surface area contributed by atoms with Crippen LogP contribution in [-0.2, 0) is 11.3 Å². The number of benzene rings is 2. The van der Waals surface area contributed by atoms with E-state index >= 15 is 0 Å². The van der Waals surface area contributed by atoms with E-state index in [4.69, 9.17) is 4.52 Å². The second-order valence-electron chi connectivity index (χ2n) is 7.54. The van der Waals surface area contributed by atoms with Gasteiger partial charge in [-0.15, -0.1) is 0 Å². The molecule has 2 aromatic carbocycles. The number of carbonyl (C=O) groups is 1. The number of piperidine rings is 1. The van der Waals surface area contributed by atoms with Crippen molar-refractivity contribution in [3.63, 3.8) is 0 Å². The monoisotopic (exact) mass is 472 g/mol. The Bertz CT molecular complexity index is 1030. The summed E-state index contributed by atoms with van der Waals surface area (Å²) in [7, 11) is 0. The van der Waals surface area contributed by atoms with E-state index in [0.29, 0.717) is 35.6 Å². The minimum atomic E-state index is -0.448. The SMILES string of the molecule is Cc1ccc(-c2noc(CN3CCC(C(=O)Nc4ccc(Br)cc4F)CC3)n2)cc1. The van der Waals surface area contributed by atoms with E-state index in [0.717, 1.165) is 18.7 Å². The molecule has 1 aliphatic heterocycles. The molecular formula is C22H22BrFN4O2. The smallest absolute Gasteiger partial charge is 0.241 e. The van der Waals surface area contributed by atoms with Gasteiger partial charge in [-0.2, -0.15) is 4.98 Å². The van der Waals surface area contributed by atoms with Gasteiger partial charge in [-0.1, -0.05) is 50.9 Å². The van der Waals surface area contributed by atoms with Crippen molar-refractivity contribution >= 4 is 27.5 Å². The third kappa shape index (κ3) is 4.94. The number of likely N-dealkylation sites (tertiary alicyclic amines) is 1. The van der Waals surface area contributed by atoms with Crippen molar-refractivity contribution in [1.29, 1.82) is 0 Å². The molecule has 0 radical (unpaired) electrons. The molecule has 1 aliphatic rings. The molecule has 0 spiro atoms. The van der Waals surface area contributed by atoms with E-state index in [2.05, 4.69) is 36.3 Å². The second kappa shape index (κ2) is 9.06. The van der Waals surface area contributed by atoms with Crippen molar-refractivity contribution in [2.45, 2.75) is 26.3 Å². The molecule has 0 unspecified atom stereocenters. The molecule has 3 aromatic rings. The molecule has 0 bridgehead atoms. The number of nitrogens with one attached hydrogen (secondary N) is 1. The molecule has 1 saturated heterocycles. The Labute approximate surface area is 182 Å². The van der Waals surface area contributed by atoms with Crippen LogP contribution in [0.2, 0.25) is 0 Å². The van der Waals surface area contributed by atoms with Crippen molar-refractivity contribution in [2.75, 3.05) is 18.4 Å². The van der Waals surface area contributed by atoms with E-state index in [-0.39, 0.29) is 17.5 Å². The van der Waals surface area contributed by atoms with Crippen molar-refractivity contribution in [3.8, 4) is 11.4 Å². The average Bonchev–Trinajstić information content (AvgIpc) is 3.19. The van der Waals surface area contributed by atoms with Crippen LogP contribution >= 0.6 is 15.9 Å². The molecule has 4 rings (SSSR count). The summed E-state index contributed by atoms with van der Waals surface area (Å²) in [4.78, 5) is 19.2. The van der Waals surface area contributed by atoms with Crippen LogP contribution in [0, 0.1) is 18.7 Å². The van der Waals surface area contributed by atoms with Gasteiger partial charge in [0.25, 0.3) is 0 Å². The first-order chi connectivity index (χ1) is 14.5. The van der Waals surface area contributed by atoms with Crippen LogP contribution in [0.3, 0.4) is 0 Å². The molecule has 1 fully saturated rings. The van der Waals surface area contributed by atoms with E-state index < -0.39 is 5.82 Å². The summed E-state index contributed by atoms with van der Waals surface area (Å²) in [6.07, 6.45) is 1.39. The lowest BCUT2D eigenvalue weighted by Gasteiger charge is -2.30. The fourth-order valence-corrected chi connectivity index (χ4v) is 3.84. The Morgan fingerprint density at radius 3 is 2.67 bits per heavy atom. The fourth-order valence-electron chi connectivity index (χ4n) is 3.51. The number of nitrogens with zero attached hydrogens (tertiary/aromatic N) is 3. The molecular weight excluding hydrogens is 451 g/mol. The van der Waals surface area contributed by atoms with Gasteiger partial charge in [0.2, 0.25) is 17.6 Å². The highest BCUT2D eigenvalue weighted by Crippen LogP contribution is 2.24. The zero-order chi connectivity index (χ0) is 21.1. The van der Waals surface area contributed by atoms with Crippen LogP contribution in [0.25, 0.3) is 11.4 Å². The molecule has 0 aliphatic carbocycles. The number of rotatable bonds is 5. The average molecular weight is 473 g/mol. The first kappa shape index (κ1) is 20.7. The van der Waals surface area contributed by atoms with Crippen LogP contribution in [0.1, 0.15) is 24.3 Å². The molecule has 0 atom stereocenters. The summed E-state index contributed by atoms with van der Waals surface area (Å²) in [5.74, 6) is 0.405. The Balaban J connectivity index is 1.29. The second-order valence-corrected chi connectivity index (χ2v) is 8.46. The minimum absolute atomic E-state index is 0.143. The number of amides is 1. The highest BCUT2D eigenvalue weighted by atomic mass is 79.9. The van der Waals surface area contributed by atoms with Crippen LogP contribution in [0.5, 0.6) is 0 Å². The lowest BCUT2D eigenvalue weighted by Crippen LogP contribution is -2.37. The topological polar surface area (TPSA) is 71.3 Å². The first-order valence-electron chi connectivity index (χ1n) is 9.86. The summed E-state index contributed by atoms with van der Waals surface area (Å²) in [5, 5.41) is 6.77. The normalized spacial score (nSPS) is 15.3. The van der Waals surface area contributed by atoms with E-state index in [1.54, 1.807) is 12.1 Å². The van der Waals surface area contributed by atoms with Crippen molar-refractivity contribution in [2.24, 2.45) is 5.92 Å². The zero-order valence-electron chi connectivity index (χ0n) is 16.6. The predicted octanol–water partition coefficient (Wildman–Crippen LogP) is 4.80. The Kier molecular flexibility index (Phi) is 6.24. The number of hydrogen-bond acceptors (Lipinski definition) is 5. The first-order valence-corrected chi connectivity index (χ1v) is 10.6. The quantitative estimate of drug-likeness (QED) is 0.577. The Morgan fingerprint density at radius 2 is 1.97 bits per heavy atom. The molecule has 8 heteroatoms. The Morgan fingerprint density at radius 1 is 1.23 bits per heavy atom. The van der Waals surface area contributed by atoms with Crippen molar-refractivity contribution in [1.82, 2.24) is 15.0 Å². The largest absolute Gasteiger partial charge is 0.338 e. The van der Waals surface area contributed by atoms with E-state index in [9.17, 15) is 9.18 Å². The van der Waals surface area contributed by atoms with Gasteiger partial charge in [-0.3, -0.25) is 9.69 Å². The maximum absolute atomic E-state index is 14.0. The van der Waals surface area contributed by atoms with Crippen molar-refractivity contribution in [3.05, 3.63) is 64.2 Å². The van der Waals surface area contributed by atoms with Gasteiger partial charge in [0, 0.05) is 16.0 Å². The number of aromatic nitrogens is 2. The van der Waals surface area contributed by atoms with Gasteiger partial charge >= 0.3 is 0 Å². The van der Waals surface area contributed by atoms with E-state index in [1.807, 2.05) is 31.2 Å². The summed E-state index contributed by atoms with van der Waals surface area (Å²) in [6, 6.07) is 12.6. The van der Waals surface area contributed by atoms with E-state index in [1.165, 1.54) is 11.6 Å². The van der Waals surface area contributed by atoms with Crippen LogP contribution in [0.15, 0.2) is 51.5 Å². The van der Waals surface area contributed by atoms with Gasteiger partial charge in [0.1, 0.15) is 5.82 Å². The highest BCUT2D eigenvalue weighted by Gasteiger charge is 2.26. The third-order valence-corrected chi connectivity index (χ3v) is 5.78. The summed E-state index contributed by atoms with van der Waals surface area (Å²) in [5.41, 5.74) is 2.31. The molecule has 0 saturated carbocycles. The summed E-state index contributed by atoms with van der Waals surface area (Å²) < 4.78 is 20.0. The molecule has 6 nitrogen and oxygen atoms in total. The standard InChI is InChI=1S/C22H22BrFN4O2/c1-14-2-4-15(5-3-14)21-26-20(30-27-21)13-28-10-8-16(9-11-28)22(29)25-19-7-6-17(23)12-18(19)24/h2-7,12,16H,8-11,13H2,1H3,(H,25,29). The van der Waals surface area contributed by atoms with Crippen molar-refractivity contribution < 1.29 is 13.7 Å². The maximum Gasteiger partial charge on any atom is 0.241 e. The minimum Gasteiger partial charge on any atom is -0.338 e. The van der Waals surface area contributed by atoms with Gasteiger partial charge in [-0.25, -0.2) is 4.39 Å². The molecule has 156 valence electrons. The lowest BCUT2D eigenvalue weighted by atomic mass is 9.96. The number of anilines is 1. The van der Waals surface area contributed by atoms with Crippen LogP contribution in [-0.4, -0.2) is 34.0 Å². The number of halogens is 2. The molecule has 1 aromatic heterocycles. The Hall–Kier alpha value is -2.58. The molecule has 1 amide bonds. The number of aryl methyl sites for hydroxylation is 1. The molecule has 30 heavy (non-hydrogen) atoms. The zero-order valence-corrected chi connectivity index (χ0v) is 18.2. The number of carbonyl (C=O) groups excluding carboxylic acids is 1. The van der Waals surface area contributed by atoms with Gasteiger partial charge < -0.3 is 9.84 Å². The van der Waals surface area contributed by atoms with Gasteiger partial charge in [0.15, 0.2) is 0 Å². The molecule has 2 heterocycles. The van der Waals surface area contributed by atoms with Crippen LogP contribution in [0.4, 0.5) is 10.1 Å². The fraction of sp³-hybridized carbons (Fsp3) is 0.318. The van der Waals surface area contributed by atoms with Gasteiger partial charge in [-0.05, 0) is 51.1 Å². The third-order valence-electron chi connectivity index (χ3n) is 5.28. The lowest BCUT2D eigenvalue weighted by molar-refractivity contribution is -0.121. The highest BCUT2D eigenvalue weighted by molar-refractivity contribution is 9.10. The van der Waals surface area contributed by atoms with Gasteiger partial charge in [0.05, 0.1) is 12.2 Å². The number of hydrogen-bond donors (Lipinski definition) is 1. The summed E-state index contributed by atoms with van der Waals surface area (Å²) >= 11 is 3.21. The maximum atomic E-state index is 14.0. The predicted molar refractivity (Wildman–Crippen MR) is 115 cm³/mol. The summed E-state index contributed by atoms with van der Waals surface area (Å²) in [6.45, 7) is 4.06. The molecule has 1 N–H and O–H groups in total.